The first-order chi connectivity index (χ1) is 10.6. The van der Waals surface area contributed by atoms with Gasteiger partial charge in [0.05, 0.1) is 5.56 Å². The minimum absolute atomic E-state index is 0.0336. The Morgan fingerprint density at radius 2 is 1.64 bits per heavy atom. The zero-order valence-corrected chi connectivity index (χ0v) is 12.6. The molecule has 0 aliphatic heterocycles. The van der Waals surface area contributed by atoms with Crippen LogP contribution < -0.4 is 10.6 Å². The first-order valence-electron chi connectivity index (χ1n) is 6.71. The summed E-state index contributed by atoms with van der Waals surface area (Å²) >= 11 is 4.22. The summed E-state index contributed by atoms with van der Waals surface area (Å²) < 4.78 is 0. The number of carbonyl (C=O) groups is 2. The van der Waals surface area contributed by atoms with E-state index in [1.54, 1.807) is 36.4 Å². The second-order valence-corrected chi connectivity index (χ2v) is 5.06. The van der Waals surface area contributed by atoms with Gasteiger partial charge in [-0.3, -0.25) is 9.59 Å². The van der Waals surface area contributed by atoms with Gasteiger partial charge in [0.25, 0.3) is 11.8 Å². The molecule has 0 saturated heterocycles. The van der Waals surface area contributed by atoms with Crippen molar-refractivity contribution in [3.05, 3.63) is 59.7 Å². The lowest BCUT2D eigenvalue weighted by atomic mass is 10.2. The van der Waals surface area contributed by atoms with E-state index in [0.717, 1.165) is 0 Å². The van der Waals surface area contributed by atoms with E-state index in [0.29, 0.717) is 22.6 Å². The van der Waals surface area contributed by atoms with Crippen LogP contribution in [0.1, 0.15) is 20.7 Å². The highest BCUT2D eigenvalue weighted by atomic mass is 32.1. The maximum Gasteiger partial charge on any atom is 0.252 e. The van der Waals surface area contributed by atoms with Crippen molar-refractivity contribution in [2.24, 2.45) is 0 Å². The van der Waals surface area contributed by atoms with Crippen LogP contribution in [0, 0.1) is 0 Å². The first-order valence-corrected chi connectivity index (χ1v) is 7.16. The summed E-state index contributed by atoms with van der Waals surface area (Å²) in [6, 6.07) is 13.1. The van der Waals surface area contributed by atoms with E-state index in [1.165, 1.54) is 12.1 Å². The van der Waals surface area contributed by atoms with E-state index in [1.807, 2.05) is 0 Å². The Labute approximate surface area is 133 Å². The Balaban J connectivity index is 1.79. The number of aromatic hydroxyl groups is 1. The highest BCUT2D eigenvalue weighted by Gasteiger charge is 2.09. The summed E-state index contributed by atoms with van der Waals surface area (Å²) in [6.45, 7) is 0.584. The molecule has 0 heterocycles. The van der Waals surface area contributed by atoms with Crippen LogP contribution in [0.3, 0.4) is 0 Å². The average molecular weight is 316 g/mol. The van der Waals surface area contributed by atoms with Crippen molar-refractivity contribution in [1.82, 2.24) is 10.6 Å². The zero-order chi connectivity index (χ0) is 15.9. The third-order valence-corrected chi connectivity index (χ3v) is 3.34. The molecule has 114 valence electrons. The Bertz CT molecular complexity index is 689. The van der Waals surface area contributed by atoms with Crippen molar-refractivity contribution in [2.75, 3.05) is 13.1 Å². The van der Waals surface area contributed by atoms with Gasteiger partial charge in [0.1, 0.15) is 5.75 Å². The number of phenolic OH excluding ortho intramolecular Hbond substituents is 1. The Hall–Kier alpha value is -2.47. The number of rotatable bonds is 5. The fraction of sp³-hybridized carbons (Fsp3) is 0.125. The molecule has 0 fully saturated rings. The minimum atomic E-state index is -0.306. The summed E-state index contributed by atoms with van der Waals surface area (Å²) in [5.74, 6) is -0.511. The van der Waals surface area contributed by atoms with Crippen molar-refractivity contribution in [3.8, 4) is 5.75 Å². The molecule has 5 nitrogen and oxygen atoms in total. The molecule has 0 aromatic heterocycles. The monoisotopic (exact) mass is 316 g/mol. The lowest BCUT2D eigenvalue weighted by Gasteiger charge is -2.08. The standard InChI is InChI=1S/C16H16N2O3S/c19-12-5-3-4-11(10-12)15(20)17-8-9-18-16(21)13-6-1-2-7-14(13)22/h1-7,10,19,22H,8-9H2,(H,17,20)(H,18,21). The van der Waals surface area contributed by atoms with Gasteiger partial charge >= 0.3 is 0 Å². The number of hydrogen-bond acceptors (Lipinski definition) is 4. The molecule has 0 radical (unpaired) electrons. The Morgan fingerprint density at radius 3 is 2.32 bits per heavy atom. The summed E-state index contributed by atoms with van der Waals surface area (Å²) in [5, 5.41) is 14.7. The molecule has 0 unspecified atom stereocenters. The van der Waals surface area contributed by atoms with Crippen LogP contribution in [0.4, 0.5) is 0 Å². The smallest absolute Gasteiger partial charge is 0.252 e. The van der Waals surface area contributed by atoms with Gasteiger partial charge < -0.3 is 15.7 Å². The van der Waals surface area contributed by atoms with Crippen LogP contribution in [-0.4, -0.2) is 30.0 Å². The molecular weight excluding hydrogens is 300 g/mol. The van der Waals surface area contributed by atoms with Crippen LogP contribution in [-0.2, 0) is 0 Å². The normalized spacial score (nSPS) is 10.0. The van der Waals surface area contributed by atoms with Crippen molar-refractivity contribution in [1.29, 1.82) is 0 Å². The molecule has 0 saturated carbocycles. The van der Waals surface area contributed by atoms with E-state index < -0.39 is 0 Å². The molecule has 2 rings (SSSR count). The summed E-state index contributed by atoms with van der Waals surface area (Å²) in [6.07, 6.45) is 0. The summed E-state index contributed by atoms with van der Waals surface area (Å²) in [7, 11) is 0. The fourth-order valence-corrected chi connectivity index (χ4v) is 2.12. The van der Waals surface area contributed by atoms with Crippen LogP contribution >= 0.6 is 12.6 Å². The molecule has 22 heavy (non-hydrogen) atoms. The molecule has 2 aromatic carbocycles. The second-order valence-electron chi connectivity index (χ2n) is 4.58. The summed E-state index contributed by atoms with van der Waals surface area (Å²) in [4.78, 5) is 24.3. The lowest BCUT2D eigenvalue weighted by Crippen LogP contribution is -2.34. The average Bonchev–Trinajstić information content (AvgIpc) is 2.51. The number of amides is 2. The number of benzene rings is 2. The van der Waals surface area contributed by atoms with Crippen LogP contribution in [0.25, 0.3) is 0 Å². The second kappa shape index (κ2) is 7.51. The van der Waals surface area contributed by atoms with Crippen molar-refractivity contribution in [2.45, 2.75) is 4.90 Å². The van der Waals surface area contributed by atoms with Crippen molar-refractivity contribution < 1.29 is 14.7 Å². The Kier molecular flexibility index (Phi) is 5.43. The van der Waals surface area contributed by atoms with E-state index in [4.69, 9.17) is 0 Å². The van der Waals surface area contributed by atoms with Gasteiger partial charge in [-0.15, -0.1) is 12.6 Å². The van der Waals surface area contributed by atoms with Gasteiger partial charge in [-0.2, -0.15) is 0 Å². The predicted molar refractivity (Wildman–Crippen MR) is 86.5 cm³/mol. The minimum Gasteiger partial charge on any atom is -0.508 e. The first kappa shape index (κ1) is 15.9. The van der Waals surface area contributed by atoms with E-state index in [-0.39, 0.29) is 24.1 Å². The SMILES string of the molecule is O=C(NCCNC(=O)c1ccccc1S)c1cccc(O)c1. The number of carbonyl (C=O) groups excluding carboxylic acids is 2. The molecule has 6 heteroatoms. The molecule has 0 spiro atoms. The predicted octanol–water partition coefficient (Wildman–Crippen LogP) is 1.84. The maximum atomic E-state index is 11.9. The van der Waals surface area contributed by atoms with Crippen LogP contribution in [0.5, 0.6) is 5.75 Å². The molecule has 0 atom stereocenters. The van der Waals surface area contributed by atoms with Gasteiger partial charge in [-0.1, -0.05) is 18.2 Å². The van der Waals surface area contributed by atoms with E-state index >= 15 is 0 Å². The van der Waals surface area contributed by atoms with E-state index in [9.17, 15) is 14.7 Å². The van der Waals surface area contributed by atoms with Gasteiger partial charge in [-0.25, -0.2) is 0 Å². The third kappa shape index (κ3) is 4.26. The molecule has 2 amide bonds. The highest BCUT2D eigenvalue weighted by Crippen LogP contribution is 2.12. The van der Waals surface area contributed by atoms with Crippen LogP contribution in [0.2, 0.25) is 0 Å². The highest BCUT2D eigenvalue weighted by molar-refractivity contribution is 7.80. The fourth-order valence-electron chi connectivity index (χ4n) is 1.86. The van der Waals surface area contributed by atoms with Crippen molar-refractivity contribution >= 4 is 24.4 Å². The largest absolute Gasteiger partial charge is 0.508 e. The van der Waals surface area contributed by atoms with Crippen molar-refractivity contribution in [3.63, 3.8) is 0 Å². The van der Waals surface area contributed by atoms with Gasteiger partial charge in [0, 0.05) is 23.5 Å². The molecule has 0 aliphatic carbocycles. The number of thiol groups is 1. The zero-order valence-electron chi connectivity index (χ0n) is 11.7. The summed E-state index contributed by atoms with van der Waals surface area (Å²) in [5.41, 5.74) is 0.858. The number of phenols is 1. The molecule has 2 aromatic rings. The topological polar surface area (TPSA) is 78.4 Å². The van der Waals surface area contributed by atoms with Crippen LogP contribution in [0.15, 0.2) is 53.4 Å². The molecule has 0 aliphatic rings. The molecule has 0 bridgehead atoms. The molecule has 3 N–H and O–H groups in total. The lowest BCUT2D eigenvalue weighted by molar-refractivity contribution is 0.0926. The van der Waals surface area contributed by atoms with Gasteiger partial charge in [0.15, 0.2) is 0 Å². The Morgan fingerprint density at radius 1 is 0.955 bits per heavy atom. The van der Waals surface area contributed by atoms with E-state index in [2.05, 4.69) is 23.3 Å². The maximum absolute atomic E-state index is 11.9. The number of nitrogens with one attached hydrogen (secondary N) is 2. The molecular formula is C16H16N2O3S. The third-order valence-electron chi connectivity index (χ3n) is 2.95. The van der Waals surface area contributed by atoms with Gasteiger partial charge in [-0.05, 0) is 30.3 Å². The number of hydrogen-bond donors (Lipinski definition) is 4. The van der Waals surface area contributed by atoms with Gasteiger partial charge in [0.2, 0.25) is 0 Å². The quantitative estimate of drug-likeness (QED) is 0.502.